The van der Waals surface area contributed by atoms with Crippen molar-refractivity contribution < 1.29 is 28.9 Å². The maximum atomic E-state index is 12.1. The number of amides is 1. The van der Waals surface area contributed by atoms with Crippen LogP contribution < -0.4 is 14.8 Å². The van der Waals surface area contributed by atoms with Gasteiger partial charge in [0, 0.05) is 11.6 Å². The third-order valence-corrected chi connectivity index (χ3v) is 4.04. The predicted octanol–water partition coefficient (Wildman–Crippen LogP) is 4.61. The molecule has 7 nitrogen and oxygen atoms in total. The van der Waals surface area contributed by atoms with E-state index in [0.717, 1.165) is 5.56 Å². The molecule has 160 valence electrons. The molecule has 0 atom stereocenters. The fourth-order valence-corrected chi connectivity index (χ4v) is 2.64. The molecule has 0 bridgehead atoms. The molecule has 7 heteroatoms. The van der Waals surface area contributed by atoms with E-state index in [-0.39, 0.29) is 12.3 Å². The lowest BCUT2D eigenvalue weighted by atomic mass is 10.0. The molecule has 2 aromatic rings. The number of nitrogens with one attached hydrogen (secondary N) is 1. The molecule has 30 heavy (non-hydrogen) atoms. The van der Waals surface area contributed by atoms with Crippen LogP contribution in [-0.2, 0) is 16.1 Å². The van der Waals surface area contributed by atoms with Crippen molar-refractivity contribution in [3.05, 3.63) is 65.4 Å². The third-order valence-electron chi connectivity index (χ3n) is 4.04. The number of benzene rings is 2. The number of hydrogen-bond acceptors (Lipinski definition) is 5. The van der Waals surface area contributed by atoms with Gasteiger partial charge >= 0.3 is 12.1 Å². The monoisotopic (exact) mass is 413 g/mol. The molecule has 2 N–H and O–H groups in total. The van der Waals surface area contributed by atoms with Gasteiger partial charge in [-0.05, 0) is 51.0 Å². The minimum Gasteiger partial charge on any atom is -0.497 e. The highest BCUT2D eigenvalue weighted by atomic mass is 16.6. The van der Waals surface area contributed by atoms with Gasteiger partial charge < -0.3 is 19.3 Å². The van der Waals surface area contributed by atoms with Crippen LogP contribution in [0.3, 0.4) is 0 Å². The summed E-state index contributed by atoms with van der Waals surface area (Å²) in [6, 6.07) is 14.6. The lowest BCUT2D eigenvalue weighted by Gasteiger charge is -2.21. The number of carbonyl (C=O) groups is 2. The summed E-state index contributed by atoms with van der Waals surface area (Å²) in [6.07, 6.45) is -0.848. The number of alkyl carbamates (subject to hydrolysis) is 1. The topological polar surface area (TPSA) is 94.1 Å². The quantitative estimate of drug-likeness (QED) is 0.644. The lowest BCUT2D eigenvalue weighted by molar-refractivity contribution is -0.133. The van der Waals surface area contributed by atoms with Crippen molar-refractivity contribution >= 4 is 17.6 Å². The first kappa shape index (κ1) is 22.8. The van der Waals surface area contributed by atoms with Crippen molar-refractivity contribution in [1.29, 1.82) is 0 Å². The number of rotatable bonds is 7. The minimum absolute atomic E-state index is 0.288. The van der Waals surface area contributed by atoms with Gasteiger partial charge in [0.1, 0.15) is 29.4 Å². The van der Waals surface area contributed by atoms with Crippen LogP contribution in [0, 0.1) is 0 Å². The van der Waals surface area contributed by atoms with Crippen LogP contribution in [0.1, 0.15) is 38.8 Å². The van der Waals surface area contributed by atoms with E-state index in [9.17, 15) is 14.7 Å². The molecule has 1 amide bonds. The highest BCUT2D eigenvalue weighted by Crippen LogP contribution is 2.32. The number of aliphatic carboxylic acids is 1. The summed E-state index contributed by atoms with van der Waals surface area (Å²) in [7, 11) is 1.53. The van der Waals surface area contributed by atoms with Gasteiger partial charge in [0.25, 0.3) is 0 Å². The first-order valence-corrected chi connectivity index (χ1v) is 9.40. The largest absolute Gasteiger partial charge is 0.497 e. The zero-order chi connectivity index (χ0) is 22.3. The molecule has 0 heterocycles. The summed E-state index contributed by atoms with van der Waals surface area (Å²) in [6.45, 7) is 6.97. The Balaban J connectivity index is 2.39. The molecular formula is C23H27NO6. The average molecular weight is 413 g/mol. The number of allylic oxidation sites excluding steroid dienone is 1. The standard InChI is InChI=1S/C23H27NO6/c1-15(20(21(25)26)24-22(27)30-23(2,3)4)18-12-11-17(28-5)13-19(18)29-14-16-9-7-6-8-10-16/h6-13H,14H2,1-5H3,(H,24,27)(H,25,26)/b20-15-. The Labute approximate surface area is 176 Å². The molecule has 0 aliphatic heterocycles. The number of carboxylic acid groups (broad SMARTS) is 1. The Bertz CT molecular complexity index is 928. The van der Waals surface area contributed by atoms with Crippen LogP contribution in [0.4, 0.5) is 4.79 Å². The van der Waals surface area contributed by atoms with Crippen LogP contribution in [0.25, 0.3) is 5.57 Å². The Morgan fingerprint density at radius 1 is 1.07 bits per heavy atom. The van der Waals surface area contributed by atoms with Crippen molar-refractivity contribution in [3.8, 4) is 11.5 Å². The van der Waals surface area contributed by atoms with Crippen molar-refractivity contribution in [2.45, 2.75) is 39.9 Å². The summed E-state index contributed by atoms with van der Waals surface area (Å²) in [4.78, 5) is 24.0. The smallest absolute Gasteiger partial charge is 0.412 e. The maximum Gasteiger partial charge on any atom is 0.412 e. The van der Waals surface area contributed by atoms with E-state index in [1.807, 2.05) is 30.3 Å². The highest BCUT2D eigenvalue weighted by molar-refractivity contribution is 5.99. The first-order chi connectivity index (χ1) is 14.1. The molecule has 2 aromatic carbocycles. The fraction of sp³-hybridized carbons (Fsp3) is 0.304. The number of carbonyl (C=O) groups excluding carboxylic acids is 1. The van der Waals surface area contributed by atoms with Gasteiger partial charge in [-0.3, -0.25) is 5.32 Å². The molecule has 0 aromatic heterocycles. The SMILES string of the molecule is COc1ccc(/C(C)=C(\NC(=O)OC(C)(C)C)C(=O)O)c(OCc2ccccc2)c1. The van der Waals surface area contributed by atoms with Crippen LogP contribution in [0.2, 0.25) is 0 Å². The molecule has 0 aliphatic carbocycles. The second-order valence-electron chi connectivity index (χ2n) is 7.57. The molecule has 0 fully saturated rings. The second-order valence-corrected chi connectivity index (χ2v) is 7.57. The van der Waals surface area contributed by atoms with Crippen LogP contribution in [0.5, 0.6) is 11.5 Å². The van der Waals surface area contributed by atoms with E-state index in [1.165, 1.54) is 7.11 Å². The highest BCUT2D eigenvalue weighted by Gasteiger charge is 2.22. The van der Waals surface area contributed by atoms with Crippen LogP contribution in [0.15, 0.2) is 54.2 Å². The maximum absolute atomic E-state index is 12.1. The summed E-state index contributed by atoms with van der Waals surface area (Å²) >= 11 is 0. The summed E-state index contributed by atoms with van der Waals surface area (Å²) in [5.41, 5.74) is 0.738. The van der Waals surface area contributed by atoms with Gasteiger partial charge in [-0.1, -0.05) is 30.3 Å². The summed E-state index contributed by atoms with van der Waals surface area (Å²) in [5.74, 6) is -0.296. The summed E-state index contributed by atoms with van der Waals surface area (Å²) < 4.78 is 16.4. The van der Waals surface area contributed by atoms with Gasteiger partial charge in [0.15, 0.2) is 0 Å². The number of carboxylic acids is 1. The van der Waals surface area contributed by atoms with Gasteiger partial charge in [-0.25, -0.2) is 9.59 Å². The number of ether oxygens (including phenoxy) is 3. The van der Waals surface area contributed by atoms with E-state index in [4.69, 9.17) is 14.2 Å². The Kier molecular flexibility index (Phi) is 7.47. The molecule has 0 aliphatic rings. The fourth-order valence-electron chi connectivity index (χ4n) is 2.64. The minimum atomic E-state index is -1.29. The Morgan fingerprint density at radius 3 is 2.30 bits per heavy atom. The number of hydrogen-bond donors (Lipinski definition) is 2. The van der Waals surface area contributed by atoms with E-state index < -0.39 is 17.7 Å². The van der Waals surface area contributed by atoms with E-state index >= 15 is 0 Å². The first-order valence-electron chi connectivity index (χ1n) is 9.40. The molecule has 0 spiro atoms. The van der Waals surface area contributed by atoms with Crippen LogP contribution >= 0.6 is 0 Å². The van der Waals surface area contributed by atoms with Crippen molar-refractivity contribution in [1.82, 2.24) is 5.32 Å². The average Bonchev–Trinajstić information content (AvgIpc) is 2.69. The molecular weight excluding hydrogens is 386 g/mol. The normalized spacial score (nSPS) is 11.9. The summed E-state index contributed by atoms with van der Waals surface area (Å²) in [5, 5.41) is 12.0. The second kappa shape index (κ2) is 9.82. The predicted molar refractivity (Wildman–Crippen MR) is 113 cm³/mol. The molecule has 0 saturated heterocycles. The molecule has 0 radical (unpaired) electrons. The van der Waals surface area contributed by atoms with Gasteiger partial charge in [0.05, 0.1) is 7.11 Å². The van der Waals surface area contributed by atoms with Crippen molar-refractivity contribution in [2.24, 2.45) is 0 Å². The third kappa shape index (κ3) is 6.55. The van der Waals surface area contributed by atoms with E-state index in [2.05, 4.69) is 5.32 Å². The van der Waals surface area contributed by atoms with E-state index in [1.54, 1.807) is 45.9 Å². The number of methoxy groups -OCH3 is 1. The Hall–Kier alpha value is -3.48. The molecule has 2 rings (SSSR count). The van der Waals surface area contributed by atoms with Gasteiger partial charge in [-0.15, -0.1) is 0 Å². The van der Waals surface area contributed by atoms with Crippen molar-refractivity contribution in [2.75, 3.05) is 7.11 Å². The van der Waals surface area contributed by atoms with Crippen molar-refractivity contribution in [3.63, 3.8) is 0 Å². The van der Waals surface area contributed by atoms with Gasteiger partial charge in [0.2, 0.25) is 0 Å². The molecule has 0 saturated carbocycles. The van der Waals surface area contributed by atoms with Crippen LogP contribution in [-0.4, -0.2) is 29.9 Å². The van der Waals surface area contributed by atoms with E-state index in [0.29, 0.717) is 22.6 Å². The lowest BCUT2D eigenvalue weighted by Crippen LogP contribution is -2.34. The Morgan fingerprint density at radius 2 is 1.73 bits per heavy atom. The zero-order valence-corrected chi connectivity index (χ0v) is 17.8. The van der Waals surface area contributed by atoms with Gasteiger partial charge in [-0.2, -0.15) is 0 Å². The zero-order valence-electron chi connectivity index (χ0n) is 17.8. The molecule has 0 unspecified atom stereocenters.